The molecule has 0 saturated heterocycles. The number of rotatable bonds is 4. The number of quaternary nitrogens is 1. The molecule has 3 aromatic rings. The van der Waals surface area contributed by atoms with E-state index in [9.17, 15) is 4.79 Å². The Morgan fingerprint density at radius 3 is 2.41 bits per heavy atom. The molecule has 0 bridgehead atoms. The van der Waals surface area contributed by atoms with Gasteiger partial charge in [0.05, 0.1) is 11.0 Å². The van der Waals surface area contributed by atoms with Crippen LogP contribution in [0.25, 0.3) is 11.0 Å². The Labute approximate surface area is 130 Å². The lowest BCUT2D eigenvalue weighted by molar-refractivity contribution is -0.707. The number of hydrogen-bond donors (Lipinski definition) is 1. The van der Waals surface area contributed by atoms with Gasteiger partial charge in [0.15, 0.2) is 0 Å². The van der Waals surface area contributed by atoms with Gasteiger partial charge in [-0.15, -0.1) is 0 Å². The molecule has 114 valence electrons. The van der Waals surface area contributed by atoms with Crippen molar-refractivity contribution in [1.82, 2.24) is 9.13 Å². The maximum absolute atomic E-state index is 12.0. The Morgan fingerprint density at radius 1 is 1.00 bits per heavy atom. The summed E-state index contributed by atoms with van der Waals surface area (Å²) in [4.78, 5) is 12.0. The highest BCUT2D eigenvalue weighted by molar-refractivity contribution is 5.76. The average Bonchev–Trinajstić information content (AvgIpc) is 2.78. The van der Waals surface area contributed by atoms with Crippen LogP contribution in [-0.2, 0) is 20.6 Å². The van der Waals surface area contributed by atoms with Crippen LogP contribution in [0.15, 0.2) is 53.3 Å². The minimum absolute atomic E-state index is 0.0220. The van der Waals surface area contributed by atoms with Crippen molar-refractivity contribution in [2.45, 2.75) is 19.5 Å². The average molecular weight is 296 g/mol. The lowest BCUT2D eigenvalue weighted by Gasteiger charge is -2.11. The van der Waals surface area contributed by atoms with Crippen molar-refractivity contribution in [2.75, 3.05) is 0 Å². The topological polar surface area (TPSA) is 43.5 Å². The van der Waals surface area contributed by atoms with Gasteiger partial charge in [0.25, 0.3) is 0 Å². The van der Waals surface area contributed by atoms with Crippen LogP contribution in [0.3, 0.4) is 0 Å². The highest BCUT2D eigenvalue weighted by atomic mass is 16.1. The SMILES string of the molecule is C[C@H]([NH2+]Cc1ccc2c(c1)n(C)c(=O)n2C)c1ccccc1. The number of nitrogens with zero attached hydrogens (tertiary/aromatic N) is 2. The summed E-state index contributed by atoms with van der Waals surface area (Å²) < 4.78 is 3.40. The minimum Gasteiger partial charge on any atom is -0.337 e. The van der Waals surface area contributed by atoms with E-state index in [-0.39, 0.29) is 5.69 Å². The number of benzene rings is 2. The summed E-state index contributed by atoms with van der Waals surface area (Å²) >= 11 is 0. The van der Waals surface area contributed by atoms with Gasteiger partial charge in [-0.2, -0.15) is 0 Å². The third-order valence-electron chi connectivity index (χ3n) is 4.37. The molecule has 1 aromatic heterocycles. The molecule has 3 rings (SSSR count). The first-order chi connectivity index (χ1) is 10.6. The molecule has 4 heteroatoms. The van der Waals surface area contributed by atoms with Crippen molar-refractivity contribution in [3.05, 3.63) is 70.1 Å². The Kier molecular flexibility index (Phi) is 3.86. The van der Waals surface area contributed by atoms with Crippen molar-refractivity contribution >= 4 is 11.0 Å². The van der Waals surface area contributed by atoms with Gasteiger partial charge >= 0.3 is 5.69 Å². The monoisotopic (exact) mass is 296 g/mol. The predicted molar refractivity (Wildman–Crippen MR) is 88.6 cm³/mol. The third-order valence-corrected chi connectivity index (χ3v) is 4.37. The Bertz CT molecular complexity index is 846. The molecule has 0 spiro atoms. The van der Waals surface area contributed by atoms with E-state index >= 15 is 0 Å². The van der Waals surface area contributed by atoms with Crippen molar-refractivity contribution in [3.8, 4) is 0 Å². The zero-order chi connectivity index (χ0) is 15.7. The molecular weight excluding hydrogens is 274 g/mol. The molecule has 0 saturated carbocycles. The molecular formula is C18H22N3O+. The summed E-state index contributed by atoms with van der Waals surface area (Å²) in [5.41, 5.74) is 4.55. The van der Waals surface area contributed by atoms with Gasteiger partial charge in [-0.1, -0.05) is 36.4 Å². The highest BCUT2D eigenvalue weighted by Crippen LogP contribution is 2.14. The van der Waals surface area contributed by atoms with Gasteiger partial charge in [-0.25, -0.2) is 4.79 Å². The summed E-state index contributed by atoms with van der Waals surface area (Å²) in [5.74, 6) is 0. The Balaban J connectivity index is 1.80. The molecule has 0 radical (unpaired) electrons. The second-order valence-electron chi connectivity index (χ2n) is 5.86. The minimum atomic E-state index is 0.0220. The second-order valence-corrected chi connectivity index (χ2v) is 5.86. The molecule has 1 heterocycles. The number of hydrogen-bond acceptors (Lipinski definition) is 1. The maximum atomic E-state index is 12.0. The third kappa shape index (κ3) is 2.57. The van der Waals surface area contributed by atoms with E-state index in [1.54, 1.807) is 9.13 Å². The van der Waals surface area contributed by atoms with Gasteiger partial charge in [-0.3, -0.25) is 9.13 Å². The summed E-state index contributed by atoms with van der Waals surface area (Å²) in [6.07, 6.45) is 0. The van der Waals surface area contributed by atoms with Gasteiger partial charge < -0.3 is 5.32 Å². The normalized spacial score (nSPS) is 12.7. The fourth-order valence-electron chi connectivity index (χ4n) is 2.88. The zero-order valence-electron chi connectivity index (χ0n) is 13.3. The fraction of sp³-hybridized carbons (Fsp3) is 0.278. The molecule has 0 unspecified atom stereocenters. The van der Waals surface area contributed by atoms with E-state index in [4.69, 9.17) is 0 Å². The van der Waals surface area contributed by atoms with E-state index in [1.165, 1.54) is 11.1 Å². The van der Waals surface area contributed by atoms with Crippen LogP contribution < -0.4 is 11.0 Å². The largest absolute Gasteiger partial charge is 0.337 e. The van der Waals surface area contributed by atoms with Crippen LogP contribution >= 0.6 is 0 Å². The highest BCUT2D eigenvalue weighted by Gasteiger charge is 2.11. The first kappa shape index (κ1) is 14.6. The first-order valence-corrected chi connectivity index (χ1v) is 7.60. The Morgan fingerprint density at radius 2 is 1.68 bits per heavy atom. The number of fused-ring (bicyclic) bond motifs is 1. The smallest absolute Gasteiger partial charge is 0.328 e. The summed E-state index contributed by atoms with van der Waals surface area (Å²) in [6.45, 7) is 3.11. The van der Waals surface area contributed by atoms with Crippen LogP contribution in [0.5, 0.6) is 0 Å². The van der Waals surface area contributed by atoms with Gasteiger partial charge in [0.2, 0.25) is 0 Å². The molecule has 22 heavy (non-hydrogen) atoms. The number of imidazole rings is 1. The lowest BCUT2D eigenvalue weighted by Crippen LogP contribution is -2.83. The van der Waals surface area contributed by atoms with Crippen LogP contribution in [0, 0.1) is 0 Å². The zero-order valence-corrected chi connectivity index (χ0v) is 13.3. The van der Waals surface area contributed by atoms with E-state index in [2.05, 4.69) is 48.6 Å². The maximum Gasteiger partial charge on any atom is 0.328 e. The summed E-state index contributed by atoms with van der Waals surface area (Å²) in [6, 6.07) is 17.2. The number of aromatic nitrogens is 2. The predicted octanol–water partition coefficient (Wildman–Crippen LogP) is 1.70. The summed E-state index contributed by atoms with van der Waals surface area (Å²) in [5, 5.41) is 2.32. The molecule has 0 aliphatic rings. The Hall–Kier alpha value is -2.33. The van der Waals surface area contributed by atoms with Crippen LogP contribution in [0.2, 0.25) is 0 Å². The van der Waals surface area contributed by atoms with Gasteiger partial charge in [-0.05, 0) is 19.1 Å². The van der Waals surface area contributed by atoms with E-state index < -0.39 is 0 Å². The van der Waals surface area contributed by atoms with Gasteiger partial charge in [0.1, 0.15) is 12.6 Å². The van der Waals surface area contributed by atoms with E-state index in [0.29, 0.717) is 6.04 Å². The van der Waals surface area contributed by atoms with Crippen molar-refractivity contribution < 1.29 is 5.32 Å². The molecule has 0 aliphatic heterocycles. The van der Waals surface area contributed by atoms with E-state index in [0.717, 1.165) is 17.6 Å². The van der Waals surface area contributed by atoms with Crippen molar-refractivity contribution in [3.63, 3.8) is 0 Å². The molecule has 0 amide bonds. The molecule has 0 aliphatic carbocycles. The second kappa shape index (κ2) is 5.81. The molecule has 4 nitrogen and oxygen atoms in total. The van der Waals surface area contributed by atoms with Gasteiger partial charge in [0, 0.05) is 25.2 Å². The number of nitrogens with two attached hydrogens (primary N) is 1. The molecule has 2 N–H and O–H groups in total. The molecule has 1 atom stereocenters. The molecule has 0 fully saturated rings. The van der Waals surface area contributed by atoms with Crippen LogP contribution in [0.4, 0.5) is 0 Å². The quantitative estimate of drug-likeness (QED) is 0.782. The standard InChI is InChI=1S/C18H21N3O/c1-13(15-7-5-4-6-8-15)19-12-14-9-10-16-17(11-14)21(3)18(22)20(16)2/h4-11,13,19H,12H2,1-3H3/p+1/t13-/m0/s1. The number of aryl methyl sites for hydroxylation is 2. The lowest BCUT2D eigenvalue weighted by atomic mass is 10.1. The van der Waals surface area contributed by atoms with Crippen LogP contribution in [-0.4, -0.2) is 9.13 Å². The van der Waals surface area contributed by atoms with Crippen molar-refractivity contribution in [1.29, 1.82) is 0 Å². The van der Waals surface area contributed by atoms with Crippen molar-refractivity contribution in [2.24, 2.45) is 14.1 Å². The fourth-order valence-corrected chi connectivity index (χ4v) is 2.88. The first-order valence-electron chi connectivity index (χ1n) is 7.60. The van der Waals surface area contributed by atoms with E-state index in [1.807, 2.05) is 26.2 Å². The summed E-state index contributed by atoms with van der Waals surface area (Å²) in [7, 11) is 3.64. The van der Waals surface area contributed by atoms with Crippen LogP contribution in [0.1, 0.15) is 24.1 Å². The molecule has 2 aromatic carbocycles.